The molecule has 1 aliphatic heterocycles. The van der Waals surface area contributed by atoms with Crippen molar-refractivity contribution in [2.45, 2.75) is 176 Å². The highest BCUT2D eigenvalue weighted by atomic mass is 35.5. The number of nitrogens with zero attached hydrogens (tertiary/aromatic N) is 2. The Morgan fingerprint density at radius 2 is 1.81 bits per heavy atom. The summed E-state index contributed by atoms with van der Waals surface area (Å²) in [6, 6.07) is 0. The quantitative estimate of drug-likeness (QED) is 0.0619. The Kier molecular flexibility index (Phi) is 17.5. The Morgan fingerprint density at radius 1 is 1.06 bits per heavy atom. The summed E-state index contributed by atoms with van der Waals surface area (Å²) in [6.07, 6.45) is 23.7. The van der Waals surface area contributed by atoms with E-state index in [0.29, 0.717) is 29.4 Å². The van der Waals surface area contributed by atoms with Crippen molar-refractivity contribution in [3.8, 4) is 0 Å². The Balaban J connectivity index is 1.25. The van der Waals surface area contributed by atoms with Crippen molar-refractivity contribution in [2.24, 2.45) is 46.2 Å². The molecule has 0 aromatic heterocycles. The number of ether oxygens (including phenoxy) is 1. The molecule has 1 saturated carbocycles. The molecule has 4 rings (SSSR count). The third kappa shape index (κ3) is 13.1. The SMILES string of the molecule is CCC1=C(CCCC2(N)CC2C(=CCCC(C)C)N2CCC(CCCCOC(O)C(C)CC(C)C)CC2)CC(C(O)N=C2C(Cl)=CCCC2C)=CC1. The second-order valence-corrected chi connectivity index (χ2v) is 18.3. The fraction of sp³-hybridized carbons (Fsp3) is 0.800. The van der Waals surface area contributed by atoms with Gasteiger partial charge in [0, 0.05) is 42.8 Å². The lowest BCUT2D eigenvalue weighted by Crippen LogP contribution is -2.36. The molecule has 4 aliphatic rings. The summed E-state index contributed by atoms with van der Waals surface area (Å²) < 4.78 is 5.77. The Hall–Kier alpha value is -1.44. The molecular formula is C45H76ClN3O3. The molecule has 0 bridgehead atoms. The largest absolute Gasteiger partial charge is 0.375 e. The van der Waals surface area contributed by atoms with Crippen molar-refractivity contribution < 1.29 is 14.9 Å². The standard InChI is InChI=1S/C45H76ClN3O3/c1-8-36-20-21-38(43(50)48-42-33(6)15-12-18-40(42)46)29-37(36)17-13-24-45(47)30-39(45)41(19-11-14-31(2)3)49-25-22-35(23-26-49)16-9-10-27-52-44(51)34(7)28-32(4)5/h18-19,21,31-35,39,43-44,50-51H,8-17,20,22-30,47H2,1-7H3. The van der Waals surface area contributed by atoms with Crippen LogP contribution in [0.4, 0.5) is 0 Å². The first-order valence-electron chi connectivity index (χ1n) is 21.3. The second kappa shape index (κ2) is 21.0. The topological polar surface area (TPSA) is 91.3 Å². The van der Waals surface area contributed by atoms with E-state index >= 15 is 0 Å². The van der Waals surface area contributed by atoms with Gasteiger partial charge in [0.05, 0.1) is 10.7 Å². The van der Waals surface area contributed by atoms with Crippen molar-refractivity contribution in [1.29, 1.82) is 0 Å². The zero-order valence-electron chi connectivity index (χ0n) is 34.1. The van der Waals surface area contributed by atoms with E-state index in [9.17, 15) is 10.2 Å². The van der Waals surface area contributed by atoms with E-state index in [1.165, 1.54) is 48.9 Å². The van der Waals surface area contributed by atoms with Crippen molar-refractivity contribution in [3.63, 3.8) is 0 Å². The molecule has 0 spiro atoms. The van der Waals surface area contributed by atoms with Gasteiger partial charge < -0.3 is 25.6 Å². The van der Waals surface area contributed by atoms with Gasteiger partial charge in [-0.3, -0.25) is 4.99 Å². The third-order valence-corrected chi connectivity index (χ3v) is 12.8. The molecule has 1 saturated heterocycles. The zero-order chi connectivity index (χ0) is 37.8. The van der Waals surface area contributed by atoms with E-state index in [-0.39, 0.29) is 17.4 Å². The summed E-state index contributed by atoms with van der Waals surface area (Å²) in [5, 5.41) is 22.2. The summed E-state index contributed by atoms with van der Waals surface area (Å²) in [7, 11) is 0. The van der Waals surface area contributed by atoms with Crippen LogP contribution >= 0.6 is 11.6 Å². The molecular weight excluding hydrogens is 666 g/mol. The smallest absolute Gasteiger partial charge is 0.167 e. The van der Waals surface area contributed by atoms with Gasteiger partial charge in [-0.15, -0.1) is 0 Å². The lowest BCUT2D eigenvalue weighted by Gasteiger charge is -2.36. The molecule has 296 valence electrons. The van der Waals surface area contributed by atoms with Crippen LogP contribution in [0.2, 0.25) is 0 Å². The molecule has 0 aromatic carbocycles. The lowest BCUT2D eigenvalue weighted by molar-refractivity contribution is -0.134. The highest BCUT2D eigenvalue weighted by Gasteiger charge is 2.53. The molecule has 4 N–H and O–H groups in total. The monoisotopic (exact) mass is 742 g/mol. The molecule has 6 unspecified atom stereocenters. The maximum atomic E-state index is 11.2. The number of halogens is 1. The van der Waals surface area contributed by atoms with Crippen LogP contribution in [0.25, 0.3) is 0 Å². The number of hydrogen-bond acceptors (Lipinski definition) is 6. The van der Waals surface area contributed by atoms with E-state index in [1.807, 2.05) is 6.08 Å². The molecule has 6 atom stereocenters. The van der Waals surface area contributed by atoms with Crippen LogP contribution in [-0.2, 0) is 4.74 Å². The van der Waals surface area contributed by atoms with Crippen molar-refractivity contribution in [3.05, 3.63) is 45.7 Å². The zero-order valence-corrected chi connectivity index (χ0v) is 34.9. The Bertz CT molecular complexity index is 1280. The van der Waals surface area contributed by atoms with E-state index in [0.717, 1.165) is 107 Å². The minimum Gasteiger partial charge on any atom is -0.375 e. The van der Waals surface area contributed by atoms with Gasteiger partial charge in [-0.05, 0) is 126 Å². The molecule has 0 radical (unpaired) electrons. The minimum atomic E-state index is -0.821. The van der Waals surface area contributed by atoms with Crippen LogP contribution in [0.1, 0.15) is 158 Å². The third-order valence-electron chi connectivity index (χ3n) is 12.5. The average molecular weight is 743 g/mol. The van der Waals surface area contributed by atoms with Gasteiger partial charge in [0.15, 0.2) is 12.5 Å². The molecule has 52 heavy (non-hydrogen) atoms. The number of allylic oxidation sites excluding steroid dienone is 6. The van der Waals surface area contributed by atoms with Crippen LogP contribution in [0.5, 0.6) is 0 Å². The first kappa shape index (κ1) is 43.3. The molecule has 6 nitrogen and oxygen atoms in total. The van der Waals surface area contributed by atoms with Crippen molar-refractivity contribution in [1.82, 2.24) is 4.90 Å². The number of nitrogens with two attached hydrogens (primary N) is 1. The second-order valence-electron chi connectivity index (χ2n) is 17.9. The summed E-state index contributed by atoms with van der Waals surface area (Å²) in [5.41, 5.74) is 13.5. The fourth-order valence-corrected chi connectivity index (χ4v) is 9.31. The van der Waals surface area contributed by atoms with Gasteiger partial charge in [0.2, 0.25) is 0 Å². The maximum absolute atomic E-state index is 11.2. The fourth-order valence-electron chi connectivity index (χ4n) is 8.97. The van der Waals surface area contributed by atoms with Crippen molar-refractivity contribution in [2.75, 3.05) is 19.7 Å². The van der Waals surface area contributed by atoms with E-state index in [4.69, 9.17) is 27.1 Å². The summed E-state index contributed by atoms with van der Waals surface area (Å²) >= 11 is 6.50. The molecule has 1 heterocycles. The van der Waals surface area contributed by atoms with Gasteiger partial charge >= 0.3 is 0 Å². The predicted octanol–water partition coefficient (Wildman–Crippen LogP) is 10.8. The molecule has 2 fully saturated rings. The first-order valence-corrected chi connectivity index (χ1v) is 21.7. The number of aliphatic hydroxyl groups excluding tert-OH is 2. The number of aliphatic hydroxyl groups is 2. The number of piperidine rings is 1. The summed E-state index contributed by atoms with van der Waals surface area (Å²) in [5.74, 6) is 2.99. The van der Waals surface area contributed by atoms with E-state index < -0.39 is 12.5 Å². The van der Waals surface area contributed by atoms with Gasteiger partial charge in [-0.1, -0.05) is 102 Å². The van der Waals surface area contributed by atoms with Gasteiger partial charge in [0.1, 0.15) is 0 Å². The Morgan fingerprint density at radius 3 is 2.48 bits per heavy atom. The highest BCUT2D eigenvalue weighted by molar-refractivity contribution is 6.44. The van der Waals surface area contributed by atoms with Crippen LogP contribution < -0.4 is 5.73 Å². The molecule has 0 amide bonds. The van der Waals surface area contributed by atoms with Gasteiger partial charge in [-0.2, -0.15) is 0 Å². The minimum absolute atomic E-state index is 0.107. The predicted molar refractivity (Wildman–Crippen MR) is 220 cm³/mol. The van der Waals surface area contributed by atoms with E-state index in [1.54, 1.807) is 0 Å². The number of unbranched alkanes of at least 4 members (excludes halogenated alkanes) is 1. The average Bonchev–Trinajstić information content (AvgIpc) is 3.77. The van der Waals surface area contributed by atoms with Gasteiger partial charge in [0.25, 0.3) is 0 Å². The summed E-state index contributed by atoms with van der Waals surface area (Å²) in [4.78, 5) is 7.42. The van der Waals surface area contributed by atoms with Crippen LogP contribution in [0.15, 0.2) is 50.7 Å². The van der Waals surface area contributed by atoms with Crippen LogP contribution in [-0.4, -0.2) is 58.6 Å². The maximum Gasteiger partial charge on any atom is 0.167 e. The van der Waals surface area contributed by atoms with Crippen LogP contribution in [0, 0.1) is 35.5 Å². The number of hydrogen-bond donors (Lipinski definition) is 3. The van der Waals surface area contributed by atoms with Crippen molar-refractivity contribution >= 4 is 17.3 Å². The first-order chi connectivity index (χ1) is 24.8. The number of likely N-dealkylation sites (tertiary alicyclic amines) is 1. The molecule has 3 aliphatic carbocycles. The molecule has 0 aromatic rings. The lowest BCUT2D eigenvalue weighted by atomic mass is 9.86. The number of aliphatic imine (C=N–C) groups is 1. The highest BCUT2D eigenvalue weighted by Crippen LogP contribution is 2.51. The van der Waals surface area contributed by atoms with E-state index in [2.05, 4.69) is 65.5 Å². The Labute approximate surface area is 323 Å². The molecule has 7 heteroatoms. The van der Waals surface area contributed by atoms with Gasteiger partial charge in [-0.25, -0.2) is 0 Å². The normalized spacial score (nSPS) is 27.4. The van der Waals surface area contributed by atoms with Crippen LogP contribution in [0.3, 0.4) is 0 Å². The summed E-state index contributed by atoms with van der Waals surface area (Å²) in [6.45, 7) is 18.5. The number of rotatable bonds is 21.